The van der Waals surface area contributed by atoms with Crippen molar-refractivity contribution >= 4 is 29.3 Å². The Morgan fingerprint density at radius 1 is 1.47 bits per heavy atom. The third kappa shape index (κ3) is 4.80. The van der Waals surface area contributed by atoms with Crippen LogP contribution in [0.25, 0.3) is 6.08 Å². The van der Waals surface area contributed by atoms with Gasteiger partial charge in [-0.05, 0) is 18.2 Å². The average Bonchev–Trinajstić information content (AvgIpc) is 2.74. The molecular formula is C11H14N2O3S. The SMILES string of the molecule is NC/C=C/c1ccc(C(=O)NCCC(=O)O)s1. The van der Waals surface area contributed by atoms with Crippen LogP contribution in [0.5, 0.6) is 0 Å². The molecule has 6 heteroatoms. The molecule has 0 fully saturated rings. The lowest BCUT2D eigenvalue weighted by molar-refractivity contribution is -0.136. The minimum atomic E-state index is -0.928. The van der Waals surface area contributed by atoms with Gasteiger partial charge in [-0.2, -0.15) is 0 Å². The smallest absolute Gasteiger partial charge is 0.305 e. The zero-order chi connectivity index (χ0) is 12.7. The molecule has 1 rings (SSSR count). The zero-order valence-corrected chi connectivity index (χ0v) is 10.00. The highest BCUT2D eigenvalue weighted by Crippen LogP contribution is 2.17. The van der Waals surface area contributed by atoms with Crippen molar-refractivity contribution in [2.24, 2.45) is 5.73 Å². The Kier molecular flexibility index (Phi) is 5.38. The molecule has 1 amide bonds. The molecule has 0 atom stereocenters. The minimum Gasteiger partial charge on any atom is -0.481 e. The topological polar surface area (TPSA) is 92.4 Å². The summed E-state index contributed by atoms with van der Waals surface area (Å²) in [5.74, 6) is -1.17. The van der Waals surface area contributed by atoms with Crippen LogP contribution < -0.4 is 11.1 Å². The van der Waals surface area contributed by atoms with Crippen molar-refractivity contribution in [1.82, 2.24) is 5.32 Å². The van der Waals surface area contributed by atoms with Gasteiger partial charge in [-0.3, -0.25) is 9.59 Å². The van der Waals surface area contributed by atoms with Crippen LogP contribution in [-0.4, -0.2) is 30.1 Å². The van der Waals surface area contributed by atoms with E-state index in [-0.39, 0.29) is 18.9 Å². The molecule has 5 nitrogen and oxygen atoms in total. The molecular weight excluding hydrogens is 240 g/mol. The van der Waals surface area contributed by atoms with Crippen LogP contribution >= 0.6 is 11.3 Å². The number of nitrogens with one attached hydrogen (secondary N) is 1. The first-order chi connectivity index (χ1) is 8.13. The highest BCUT2D eigenvalue weighted by atomic mass is 32.1. The molecule has 0 bridgehead atoms. The molecule has 0 radical (unpaired) electrons. The maximum atomic E-state index is 11.6. The number of aliphatic carboxylic acids is 1. The summed E-state index contributed by atoms with van der Waals surface area (Å²) in [7, 11) is 0. The Hall–Kier alpha value is -1.66. The van der Waals surface area contributed by atoms with Crippen LogP contribution in [0, 0.1) is 0 Å². The highest BCUT2D eigenvalue weighted by Gasteiger charge is 2.08. The summed E-state index contributed by atoms with van der Waals surface area (Å²) in [5, 5.41) is 11.0. The van der Waals surface area contributed by atoms with E-state index in [1.54, 1.807) is 12.1 Å². The number of carboxylic acid groups (broad SMARTS) is 1. The maximum absolute atomic E-state index is 11.6. The van der Waals surface area contributed by atoms with Crippen LogP contribution in [0.2, 0.25) is 0 Å². The molecule has 0 aliphatic carbocycles. The first-order valence-corrected chi connectivity index (χ1v) is 5.91. The van der Waals surface area contributed by atoms with Crippen molar-refractivity contribution in [2.45, 2.75) is 6.42 Å². The van der Waals surface area contributed by atoms with Crippen molar-refractivity contribution in [3.05, 3.63) is 28.0 Å². The molecule has 0 saturated heterocycles. The van der Waals surface area contributed by atoms with Gasteiger partial charge in [0.15, 0.2) is 0 Å². The summed E-state index contributed by atoms with van der Waals surface area (Å²) in [5.41, 5.74) is 5.32. The molecule has 4 N–H and O–H groups in total. The Balaban J connectivity index is 2.49. The van der Waals surface area contributed by atoms with E-state index in [0.717, 1.165) is 4.88 Å². The van der Waals surface area contributed by atoms with Crippen LogP contribution in [0.3, 0.4) is 0 Å². The number of rotatable bonds is 6. The van der Waals surface area contributed by atoms with Gasteiger partial charge in [0.25, 0.3) is 5.91 Å². The predicted octanol–water partition coefficient (Wildman–Crippen LogP) is 0.924. The summed E-state index contributed by atoms with van der Waals surface area (Å²) >= 11 is 1.34. The summed E-state index contributed by atoms with van der Waals surface area (Å²) < 4.78 is 0. The second-order valence-corrected chi connectivity index (χ2v) is 4.36. The molecule has 0 aliphatic rings. The van der Waals surface area contributed by atoms with Crippen molar-refractivity contribution in [3.63, 3.8) is 0 Å². The van der Waals surface area contributed by atoms with Gasteiger partial charge in [-0.25, -0.2) is 0 Å². The Labute approximate surface area is 103 Å². The predicted molar refractivity (Wildman–Crippen MR) is 67.0 cm³/mol. The Bertz CT molecular complexity index is 426. The largest absolute Gasteiger partial charge is 0.481 e. The van der Waals surface area contributed by atoms with Crippen molar-refractivity contribution in [1.29, 1.82) is 0 Å². The van der Waals surface area contributed by atoms with E-state index in [9.17, 15) is 9.59 Å². The lowest BCUT2D eigenvalue weighted by Crippen LogP contribution is -2.25. The van der Waals surface area contributed by atoms with Crippen LogP contribution in [-0.2, 0) is 4.79 Å². The number of carbonyl (C=O) groups is 2. The van der Waals surface area contributed by atoms with E-state index in [1.807, 2.05) is 12.1 Å². The van der Waals surface area contributed by atoms with Crippen molar-refractivity contribution in [2.75, 3.05) is 13.1 Å². The fourth-order valence-electron chi connectivity index (χ4n) is 1.12. The fourth-order valence-corrected chi connectivity index (χ4v) is 1.97. The summed E-state index contributed by atoms with van der Waals surface area (Å²) in [4.78, 5) is 23.3. The van der Waals surface area contributed by atoms with Crippen LogP contribution in [0.1, 0.15) is 21.0 Å². The van der Waals surface area contributed by atoms with Gasteiger partial charge in [-0.1, -0.05) is 6.08 Å². The molecule has 1 aromatic rings. The fraction of sp³-hybridized carbons (Fsp3) is 0.273. The summed E-state index contributed by atoms with van der Waals surface area (Å²) in [6.07, 6.45) is 3.58. The van der Waals surface area contributed by atoms with E-state index in [1.165, 1.54) is 11.3 Å². The van der Waals surface area contributed by atoms with Crippen LogP contribution in [0.15, 0.2) is 18.2 Å². The van der Waals surface area contributed by atoms with Gasteiger partial charge in [0.2, 0.25) is 0 Å². The van der Waals surface area contributed by atoms with E-state index in [4.69, 9.17) is 10.8 Å². The first-order valence-electron chi connectivity index (χ1n) is 5.10. The third-order valence-corrected chi connectivity index (χ3v) is 2.94. The molecule has 1 aromatic heterocycles. The number of carbonyl (C=O) groups excluding carboxylic acids is 1. The normalized spacial score (nSPS) is 10.6. The quantitative estimate of drug-likeness (QED) is 0.704. The summed E-state index contributed by atoms with van der Waals surface area (Å²) in [6, 6.07) is 3.53. The van der Waals surface area contributed by atoms with Crippen molar-refractivity contribution < 1.29 is 14.7 Å². The number of amides is 1. The molecule has 1 heterocycles. The van der Waals surface area contributed by atoms with Gasteiger partial charge >= 0.3 is 5.97 Å². The number of hydrogen-bond acceptors (Lipinski definition) is 4. The van der Waals surface area contributed by atoms with E-state index in [0.29, 0.717) is 11.4 Å². The monoisotopic (exact) mass is 254 g/mol. The molecule has 0 aliphatic heterocycles. The van der Waals surface area contributed by atoms with Crippen molar-refractivity contribution in [3.8, 4) is 0 Å². The van der Waals surface area contributed by atoms with Gasteiger partial charge < -0.3 is 16.2 Å². The molecule has 92 valence electrons. The zero-order valence-electron chi connectivity index (χ0n) is 9.18. The third-order valence-electron chi connectivity index (χ3n) is 1.89. The lowest BCUT2D eigenvalue weighted by Gasteiger charge is -1.99. The first kappa shape index (κ1) is 13.4. The standard InChI is InChI=1S/C11H14N2O3S/c12-6-1-2-8-3-4-9(17-8)11(16)13-7-5-10(14)15/h1-4H,5-7,12H2,(H,13,16)(H,14,15)/b2-1+. The number of thiophene rings is 1. The van der Waals surface area contributed by atoms with E-state index >= 15 is 0 Å². The molecule has 17 heavy (non-hydrogen) atoms. The molecule has 0 spiro atoms. The number of nitrogens with two attached hydrogens (primary N) is 1. The lowest BCUT2D eigenvalue weighted by atomic mass is 10.3. The maximum Gasteiger partial charge on any atom is 0.305 e. The number of carboxylic acids is 1. The van der Waals surface area contributed by atoms with Gasteiger partial charge in [0, 0.05) is 18.0 Å². The average molecular weight is 254 g/mol. The second-order valence-electron chi connectivity index (χ2n) is 3.24. The van der Waals surface area contributed by atoms with Gasteiger partial charge in [-0.15, -0.1) is 11.3 Å². The van der Waals surface area contributed by atoms with E-state index < -0.39 is 5.97 Å². The summed E-state index contributed by atoms with van der Waals surface area (Å²) in [6.45, 7) is 0.595. The van der Waals surface area contributed by atoms with E-state index in [2.05, 4.69) is 5.32 Å². The van der Waals surface area contributed by atoms with Gasteiger partial charge in [0.05, 0.1) is 11.3 Å². The van der Waals surface area contributed by atoms with Crippen LogP contribution in [0.4, 0.5) is 0 Å². The molecule has 0 unspecified atom stereocenters. The second kappa shape index (κ2) is 6.82. The minimum absolute atomic E-state index is 0.0724. The Morgan fingerprint density at radius 2 is 2.24 bits per heavy atom. The molecule has 0 aromatic carbocycles. The van der Waals surface area contributed by atoms with Gasteiger partial charge in [0.1, 0.15) is 0 Å². The molecule has 0 saturated carbocycles. The Morgan fingerprint density at radius 3 is 2.88 bits per heavy atom. The highest BCUT2D eigenvalue weighted by molar-refractivity contribution is 7.14. The number of hydrogen-bond donors (Lipinski definition) is 3.